The summed E-state index contributed by atoms with van der Waals surface area (Å²) in [5, 5.41) is 31.2. The quantitative estimate of drug-likeness (QED) is 0.127. The molecule has 0 saturated carbocycles. The van der Waals surface area contributed by atoms with Crippen molar-refractivity contribution in [1.29, 1.82) is 0 Å². The van der Waals surface area contributed by atoms with Gasteiger partial charge in [0.25, 0.3) is 0 Å². The van der Waals surface area contributed by atoms with Gasteiger partial charge in [0.2, 0.25) is 0 Å². The molecule has 0 aliphatic heterocycles. The molecule has 0 spiro atoms. The van der Waals surface area contributed by atoms with E-state index in [1.54, 1.807) is 6.92 Å². The van der Waals surface area contributed by atoms with Gasteiger partial charge < -0.3 is 16.6 Å². The molecule has 8 heteroatoms. The molecule has 5 aromatic carbocycles. The number of carboxylic acid groups (broad SMARTS) is 1. The van der Waals surface area contributed by atoms with Crippen molar-refractivity contribution >= 4 is 56.0 Å². The number of azo groups is 2. The molecule has 0 saturated heterocycles. The molecule has 0 unspecified atom stereocenters. The number of benzene rings is 5. The first-order valence-electron chi connectivity index (χ1n) is 17.2. The molecule has 49 heavy (non-hydrogen) atoms. The predicted octanol–water partition coefficient (Wildman–Crippen LogP) is 13.7. The van der Waals surface area contributed by atoms with Crippen LogP contribution < -0.4 is 11.5 Å². The van der Waals surface area contributed by atoms with E-state index in [0.29, 0.717) is 22.6 Å². The van der Waals surface area contributed by atoms with Crippen LogP contribution in [-0.4, -0.2) is 18.1 Å². The Kier molecular flexibility index (Phi) is 23.4. The Balaban J connectivity index is 0.00000143. The van der Waals surface area contributed by atoms with Crippen molar-refractivity contribution in [2.75, 3.05) is 12.8 Å². The van der Waals surface area contributed by atoms with Crippen LogP contribution in [0, 0.1) is 6.92 Å². The van der Waals surface area contributed by atoms with E-state index in [1.807, 2.05) is 84.9 Å². The standard InChI is InChI=1S/C28H21N5O2.4C3H8.CH5N/c1-17-26(28(34)35)24(32-30-22-12-10-18-6-2-4-8-20(18)14-22)16-25(27(17)29)33-31-23-13-11-19-7-3-5-9-21(19)15-23;4*1-3-2;1-2/h2-16H,29H2,1H3,(H,34,35);4*3H2,1-2H3;2H2,1H3. The molecule has 0 bridgehead atoms. The second-order valence-electron chi connectivity index (χ2n) is 10.9. The zero-order chi connectivity index (χ0) is 37.2. The molecule has 8 nitrogen and oxygen atoms in total. The minimum atomic E-state index is -1.14. The van der Waals surface area contributed by atoms with Crippen molar-refractivity contribution in [3.8, 4) is 0 Å². The summed E-state index contributed by atoms with van der Waals surface area (Å²) in [5.41, 5.74) is 13.0. The first kappa shape index (κ1) is 44.1. The Morgan fingerprint density at radius 2 is 0.898 bits per heavy atom. The molecule has 0 aliphatic rings. The van der Waals surface area contributed by atoms with E-state index in [-0.39, 0.29) is 16.9 Å². The van der Waals surface area contributed by atoms with Gasteiger partial charge in [0.1, 0.15) is 11.4 Å². The van der Waals surface area contributed by atoms with Crippen molar-refractivity contribution in [3.05, 3.63) is 102 Å². The topological polar surface area (TPSA) is 139 Å². The number of hydrogen-bond donors (Lipinski definition) is 3. The number of fused-ring (bicyclic) bond motifs is 2. The van der Waals surface area contributed by atoms with Gasteiger partial charge >= 0.3 is 5.97 Å². The van der Waals surface area contributed by atoms with E-state index >= 15 is 0 Å². The van der Waals surface area contributed by atoms with Gasteiger partial charge in [0, 0.05) is 0 Å². The molecule has 0 heterocycles. The smallest absolute Gasteiger partial charge is 0.338 e. The molecule has 5 rings (SSSR count). The minimum Gasteiger partial charge on any atom is -0.478 e. The maximum Gasteiger partial charge on any atom is 0.338 e. The average molecular weight is 667 g/mol. The number of nitrogens with zero attached hydrogens (tertiary/aromatic N) is 4. The largest absolute Gasteiger partial charge is 0.478 e. The Bertz CT molecular complexity index is 1720. The van der Waals surface area contributed by atoms with Crippen molar-refractivity contribution < 1.29 is 9.90 Å². The number of nitrogen functional groups attached to an aromatic ring is 1. The summed E-state index contributed by atoms with van der Waals surface area (Å²) in [4.78, 5) is 12.0. The van der Waals surface area contributed by atoms with Crippen LogP contribution >= 0.6 is 0 Å². The Morgan fingerprint density at radius 1 is 0.551 bits per heavy atom. The van der Waals surface area contributed by atoms with Gasteiger partial charge in [0.05, 0.1) is 22.6 Å². The molecular weight excluding hydrogens is 608 g/mol. The van der Waals surface area contributed by atoms with Crippen LogP contribution in [0.4, 0.5) is 28.4 Å². The maximum atomic E-state index is 12.0. The third-order valence-electron chi connectivity index (χ3n) is 5.81. The SMILES string of the molecule is CCC.CCC.CCC.CCC.CN.Cc1c(N)c(N=Nc2ccc3ccccc3c2)cc(N=Nc2ccc3ccccc3c2)c1C(=O)O. The first-order chi connectivity index (χ1) is 23.6. The van der Waals surface area contributed by atoms with Crippen LogP contribution in [0.5, 0.6) is 0 Å². The van der Waals surface area contributed by atoms with Gasteiger partial charge in [-0.05, 0) is 71.4 Å². The fourth-order valence-corrected chi connectivity index (χ4v) is 3.93. The number of anilines is 1. The summed E-state index contributed by atoms with van der Waals surface area (Å²) in [6.45, 7) is 18.6. The molecule has 0 aliphatic carbocycles. The Hall–Kier alpha value is -4.95. The van der Waals surface area contributed by atoms with Crippen LogP contribution in [0.2, 0.25) is 0 Å². The molecule has 5 aromatic rings. The van der Waals surface area contributed by atoms with Crippen molar-refractivity contribution in [3.63, 3.8) is 0 Å². The lowest BCUT2D eigenvalue weighted by atomic mass is 10.0. The van der Waals surface area contributed by atoms with E-state index in [0.717, 1.165) is 21.5 Å². The predicted molar refractivity (Wildman–Crippen MR) is 213 cm³/mol. The number of hydrogen-bond acceptors (Lipinski definition) is 7. The maximum absolute atomic E-state index is 12.0. The number of carboxylic acids is 1. The second-order valence-corrected chi connectivity index (χ2v) is 10.9. The highest BCUT2D eigenvalue weighted by molar-refractivity contribution is 5.98. The zero-order valence-corrected chi connectivity index (χ0v) is 31.3. The van der Waals surface area contributed by atoms with Crippen molar-refractivity contribution in [1.82, 2.24) is 0 Å². The van der Waals surface area contributed by atoms with E-state index in [1.165, 1.54) is 38.8 Å². The third kappa shape index (κ3) is 15.2. The van der Waals surface area contributed by atoms with E-state index in [9.17, 15) is 9.90 Å². The normalized spacial score (nSPS) is 9.94. The highest BCUT2D eigenvalue weighted by Crippen LogP contribution is 2.38. The van der Waals surface area contributed by atoms with Gasteiger partial charge in [-0.15, -0.1) is 10.2 Å². The highest BCUT2D eigenvalue weighted by Gasteiger charge is 2.19. The molecule has 5 N–H and O–H groups in total. The van der Waals surface area contributed by atoms with Crippen molar-refractivity contribution in [2.24, 2.45) is 26.2 Å². The summed E-state index contributed by atoms with van der Waals surface area (Å²) >= 11 is 0. The van der Waals surface area contributed by atoms with Gasteiger partial charge in [-0.1, -0.05) is 142 Å². The Morgan fingerprint density at radius 3 is 1.27 bits per heavy atom. The second kappa shape index (κ2) is 26.1. The van der Waals surface area contributed by atoms with Gasteiger partial charge in [-0.3, -0.25) is 0 Å². The number of aromatic carboxylic acids is 1. The number of rotatable bonds is 5. The lowest BCUT2D eigenvalue weighted by molar-refractivity contribution is 0.0697. The summed E-state index contributed by atoms with van der Waals surface area (Å²) in [5.74, 6) is -1.14. The number of nitrogens with two attached hydrogens (primary N) is 2. The summed E-state index contributed by atoms with van der Waals surface area (Å²) in [6.07, 6.45) is 5.00. The molecule has 0 aromatic heterocycles. The highest BCUT2D eigenvalue weighted by atomic mass is 16.4. The minimum absolute atomic E-state index is 0.0169. The lowest BCUT2D eigenvalue weighted by Gasteiger charge is -2.10. The summed E-state index contributed by atoms with van der Waals surface area (Å²) < 4.78 is 0. The average Bonchev–Trinajstić information content (AvgIpc) is 3.10. The lowest BCUT2D eigenvalue weighted by Crippen LogP contribution is -2.03. The van der Waals surface area contributed by atoms with Crippen molar-refractivity contribution in [2.45, 2.75) is 88.0 Å². The molecular formula is C41H58N6O2. The third-order valence-corrected chi connectivity index (χ3v) is 5.81. The molecule has 0 atom stereocenters. The van der Waals surface area contributed by atoms with Crippen LogP contribution in [0.15, 0.2) is 111 Å². The molecule has 0 amide bonds. The van der Waals surface area contributed by atoms with Gasteiger partial charge in [0.15, 0.2) is 0 Å². The molecule has 0 radical (unpaired) electrons. The summed E-state index contributed by atoms with van der Waals surface area (Å²) in [7, 11) is 1.50. The van der Waals surface area contributed by atoms with Crippen LogP contribution in [-0.2, 0) is 0 Å². The fourth-order valence-electron chi connectivity index (χ4n) is 3.93. The van der Waals surface area contributed by atoms with Crippen LogP contribution in [0.3, 0.4) is 0 Å². The van der Waals surface area contributed by atoms with Gasteiger partial charge in [-0.25, -0.2) is 4.79 Å². The van der Waals surface area contributed by atoms with E-state index in [2.05, 4.69) is 81.6 Å². The van der Waals surface area contributed by atoms with Crippen LogP contribution in [0.1, 0.15) is 97.0 Å². The molecule has 264 valence electrons. The Labute approximate surface area is 294 Å². The first-order valence-corrected chi connectivity index (χ1v) is 17.2. The van der Waals surface area contributed by atoms with Crippen LogP contribution in [0.25, 0.3) is 21.5 Å². The van der Waals surface area contributed by atoms with Gasteiger partial charge in [-0.2, -0.15) is 10.2 Å². The molecule has 0 fully saturated rings. The zero-order valence-electron chi connectivity index (χ0n) is 31.3. The summed E-state index contributed by atoms with van der Waals surface area (Å²) in [6, 6.07) is 28.8. The number of carbonyl (C=O) groups is 1. The monoisotopic (exact) mass is 666 g/mol. The van der Waals surface area contributed by atoms with E-state index in [4.69, 9.17) is 5.73 Å². The fraction of sp³-hybridized carbons (Fsp3) is 0.341. The van der Waals surface area contributed by atoms with E-state index < -0.39 is 5.97 Å².